The van der Waals surface area contributed by atoms with Crippen LogP contribution in [0.4, 0.5) is 27.4 Å². The van der Waals surface area contributed by atoms with E-state index >= 15 is 0 Å². The number of halogens is 2. The Labute approximate surface area is 159 Å². The first-order valence-electron chi connectivity index (χ1n) is 7.82. The number of nitrogens with zero attached hydrogens (tertiary/aromatic N) is 2. The molecule has 0 radical (unpaired) electrons. The number of anilines is 4. The van der Waals surface area contributed by atoms with Crippen LogP contribution in [0.5, 0.6) is 5.75 Å². The number of nitrogens with two attached hydrogens (primary N) is 1. The number of primary amides is 1. The Morgan fingerprint density at radius 3 is 2.30 bits per heavy atom. The minimum Gasteiger partial charge on any atom is -0.484 e. The van der Waals surface area contributed by atoms with Gasteiger partial charge in [0.1, 0.15) is 29.5 Å². The van der Waals surface area contributed by atoms with Gasteiger partial charge in [0.25, 0.3) is 5.91 Å². The quantitative estimate of drug-likeness (QED) is 0.572. The fourth-order valence-corrected chi connectivity index (χ4v) is 2.33. The number of carbonyl (C=O) groups excluding carboxylic acids is 1. The molecule has 9 heteroatoms. The van der Waals surface area contributed by atoms with Crippen LogP contribution in [0.15, 0.2) is 54.9 Å². The Morgan fingerprint density at radius 2 is 1.67 bits per heavy atom. The molecule has 0 unspecified atom stereocenters. The van der Waals surface area contributed by atoms with Gasteiger partial charge < -0.3 is 21.1 Å². The van der Waals surface area contributed by atoms with Gasteiger partial charge in [-0.2, -0.15) is 0 Å². The van der Waals surface area contributed by atoms with Crippen molar-refractivity contribution in [3.05, 3.63) is 65.7 Å². The number of carbonyl (C=O) groups is 1. The van der Waals surface area contributed by atoms with Crippen molar-refractivity contribution in [2.45, 2.75) is 0 Å². The SMILES string of the molecule is NC(=O)COc1ccc(Nc2cc(Nc3ccc(F)c(Cl)c3)ncn2)cc1. The van der Waals surface area contributed by atoms with Gasteiger partial charge in [0, 0.05) is 17.4 Å². The van der Waals surface area contributed by atoms with Gasteiger partial charge in [0.05, 0.1) is 5.02 Å². The van der Waals surface area contributed by atoms with Crippen molar-refractivity contribution in [1.82, 2.24) is 9.97 Å². The summed E-state index contributed by atoms with van der Waals surface area (Å²) in [7, 11) is 0. The lowest BCUT2D eigenvalue weighted by molar-refractivity contribution is -0.119. The van der Waals surface area contributed by atoms with Gasteiger partial charge in [0.15, 0.2) is 6.61 Å². The largest absolute Gasteiger partial charge is 0.484 e. The molecule has 0 spiro atoms. The van der Waals surface area contributed by atoms with E-state index in [0.717, 1.165) is 5.69 Å². The molecule has 7 nitrogen and oxygen atoms in total. The average Bonchev–Trinajstić information content (AvgIpc) is 2.64. The van der Waals surface area contributed by atoms with Crippen molar-refractivity contribution < 1.29 is 13.9 Å². The lowest BCUT2D eigenvalue weighted by atomic mass is 10.3. The van der Waals surface area contributed by atoms with Crippen molar-refractivity contribution in [3.8, 4) is 5.75 Å². The Balaban J connectivity index is 1.66. The van der Waals surface area contributed by atoms with Crippen LogP contribution in [-0.4, -0.2) is 22.5 Å². The van der Waals surface area contributed by atoms with E-state index < -0.39 is 11.7 Å². The number of benzene rings is 2. The highest BCUT2D eigenvalue weighted by atomic mass is 35.5. The van der Waals surface area contributed by atoms with Crippen LogP contribution in [0.25, 0.3) is 0 Å². The molecular weight excluding hydrogens is 373 g/mol. The summed E-state index contributed by atoms with van der Waals surface area (Å²) in [6.07, 6.45) is 1.39. The third-order valence-electron chi connectivity index (χ3n) is 3.37. The fraction of sp³-hybridized carbons (Fsp3) is 0.0556. The van der Waals surface area contributed by atoms with E-state index in [0.29, 0.717) is 23.1 Å². The molecular formula is C18H15ClFN5O2. The number of amides is 1. The van der Waals surface area contributed by atoms with E-state index in [9.17, 15) is 9.18 Å². The van der Waals surface area contributed by atoms with Gasteiger partial charge in [-0.15, -0.1) is 0 Å². The van der Waals surface area contributed by atoms with Crippen molar-refractivity contribution in [2.24, 2.45) is 5.73 Å². The maximum atomic E-state index is 13.2. The maximum Gasteiger partial charge on any atom is 0.255 e. The molecule has 0 atom stereocenters. The second kappa shape index (κ2) is 8.33. The standard InChI is InChI=1S/C18H15ClFN5O2/c19-14-7-12(3-6-15(14)20)25-18-8-17(22-10-23-18)24-11-1-4-13(5-2-11)27-9-16(21)26/h1-8,10H,9H2,(H2,21,26)(H2,22,23,24,25). The normalized spacial score (nSPS) is 10.3. The van der Waals surface area contributed by atoms with E-state index in [4.69, 9.17) is 22.1 Å². The molecule has 3 rings (SSSR count). The number of hydrogen-bond acceptors (Lipinski definition) is 6. The molecule has 0 fully saturated rings. The third-order valence-corrected chi connectivity index (χ3v) is 3.66. The number of hydrogen-bond donors (Lipinski definition) is 3. The summed E-state index contributed by atoms with van der Waals surface area (Å²) in [5.74, 6) is 0.553. The zero-order valence-corrected chi connectivity index (χ0v) is 14.7. The summed E-state index contributed by atoms with van der Waals surface area (Å²) in [6, 6.07) is 12.9. The highest BCUT2D eigenvalue weighted by molar-refractivity contribution is 6.31. The average molecular weight is 388 g/mol. The van der Waals surface area contributed by atoms with E-state index in [2.05, 4.69) is 20.6 Å². The smallest absolute Gasteiger partial charge is 0.255 e. The highest BCUT2D eigenvalue weighted by Gasteiger charge is 2.04. The molecule has 0 bridgehead atoms. The summed E-state index contributed by atoms with van der Waals surface area (Å²) in [6.45, 7) is -0.179. The van der Waals surface area contributed by atoms with E-state index in [1.807, 2.05) is 0 Å². The zero-order chi connectivity index (χ0) is 19.2. The van der Waals surface area contributed by atoms with Gasteiger partial charge in [-0.3, -0.25) is 4.79 Å². The predicted molar refractivity (Wildman–Crippen MR) is 101 cm³/mol. The molecule has 0 aliphatic rings. The minimum absolute atomic E-state index is 0.0195. The van der Waals surface area contributed by atoms with Crippen LogP contribution >= 0.6 is 11.6 Å². The third kappa shape index (κ3) is 5.29. The molecule has 0 aliphatic heterocycles. The van der Waals surface area contributed by atoms with Crippen LogP contribution in [0.2, 0.25) is 5.02 Å². The number of aromatic nitrogens is 2. The number of ether oxygens (including phenoxy) is 1. The molecule has 4 N–H and O–H groups in total. The van der Waals surface area contributed by atoms with Gasteiger partial charge in [-0.1, -0.05) is 11.6 Å². The lowest BCUT2D eigenvalue weighted by Gasteiger charge is -2.10. The van der Waals surface area contributed by atoms with E-state index in [1.165, 1.54) is 18.5 Å². The molecule has 1 amide bonds. The predicted octanol–water partition coefficient (Wildman–Crippen LogP) is 3.62. The van der Waals surface area contributed by atoms with Crippen LogP contribution in [0.3, 0.4) is 0 Å². The van der Waals surface area contributed by atoms with Crippen LogP contribution < -0.4 is 21.1 Å². The summed E-state index contributed by atoms with van der Waals surface area (Å²) < 4.78 is 18.4. The van der Waals surface area contributed by atoms with Crippen molar-refractivity contribution in [1.29, 1.82) is 0 Å². The molecule has 1 heterocycles. The van der Waals surface area contributed by atoms with Gasteiger partial charge >= 0.3 is 0 Å². The summed E-state index contributed by atoms with van der Waals surface area (Å²) in [5.41, 5.74) is 6.39. The Morgan fingerprint density at radius 1 is 1.04 bits per heavy atom. The van der Waals surface area contributed by atoms with Crippen LogP contribution in [-0.2, 0) is 4.79 Å². The van der Waals surface area contributed by atoms with Gasteiger partial charge in [-0.25, -0.2) is 14.4 Å². The van der Waals surface area contributed by atoms with Crippen LogP contribution in [0, 0.1) is 5.82 Å². The monoisotopic (exact) mass is 387 g/mol. The van der Waals surface area contributed by atoms with Crippen LogP contribution in [0.1, 0.15) is 0 Å². The number of rotatable bonds is 7. The highest BCUT2D eigenvalue weighted by Crippen LogP contribution is 2.24. The van der Waals surface area contributed by atoms with Crippen molar-refractivity contribution >= 4 is 40.5 Å². The summed E-state index contributed by atoms with van der Waals surface area (Å²) in [5, 5.41) is 6.17. The molecule has 27 heavy (non-hydrogen) atoms. The first-order valence-corrected chi connectivity index (χ1v) is 8.20. The van der Waals surface area contributed by atoms with E-state index in [-0.39, 0.29) is 11.6 Å². The summed E-state index contributed by atoms with van der Waals surface area (Å²) in [4.78, 5) is 19.0. The Hall–Kier alpha value is -3.39. The fourth-order valence-electron chi connectivity index (χ4n) is 2.15. The lowest BCUT2D eigenvalue weighted by Crippen LogP contribution is -2.19. The molecule has 3 aromatic rings. The van der Waals surface area contributed by atoms with Gasteiger partial charge in [-0.05, 0) is 42.5 Å². The zero-order valence-electron chi connectivity index (χ0n) is 13.9. The molecule has 0 aliphatic carbocycles. The topological polar surface area (TPSA) is 102 Å². The molecule has 0 saturated carbocycles. The molecule has 0 saturated heterocycles. The second-order valence-electron chi connectivity index (χ2n) is 5.45. The Bertz CT molecular complexity index is 953. The Kier molecular flexibility index (Phi) is 5.68. The molecule has 2 aromatic carbocycles. The van der Waals surface area contributed by atoms with Crippen molar-refractivity contribution in [3.63, 3.8) is 0 Å². The van der Waals surface area contributed by atoms with Crippen molar-refractivity contribution in [2.75, 3.05) is 17.2 Å². The first kappa shape index (κ1) is 18.4. The maximum absolute atomic E-state index is 13.2. The minimum atomic E-state index is -0.541. The van der Waals surface area contributed by atoms with E-state index in [1.54, 1.807) is 36.4 Å². The molecule has 138 valence electrons. The summed E-state index contributed by atoms with van der Waals surface area (Å²) >= 11 is 5.78. The number of nitrogens with one attached hydrogen (secondary N) is 2. The second-order valence-corrected chi connectivity index (χ2v) is 5.85. The molecule has 1 aromatic heterocycles. The first-order chi connectivity index (χ1) is 13.0. The van der Waals surface area contributed by atoms with Gasteiger partial charge in [0.2, 0.25) is 0 Å².